The van der Waals surface area contributed by atoms with Crippen LogP contribution in [0.5, 0.6) is 0 Å². The van der Waals surface area contributed by atoms with E-state index in [1.165, 1.54) is 16.5 Å². The van der Waals surface area contributed by atoms with E-state index in [2.05, 4.69) is 107 Å². The Morgan fingerprint density at radius 1 is 1.15 bits per heavy atom. The van der Waals surface area contributed by atoms with Gasteiger partial charge in [0.1, 0.15) is 0 Å². The fourth-order valence-electron chi connectivity index (χ4n) is 4.76. The van der Waals surface area contributed by atoms with E-state index in [1.54, 1.807) is 0 Å². The van der Waals surface area contributed by atoms with Crippen LogP contribution in [0.2, 0.25) is 0 Å². The number of benzene rings is 1. The quantitative estimate of drug-likeness (QED) is 0.461. The summed E-state index contributed by atoms with van der Waals surface area (Å²) in [5.74, 6) is 0. The number of methoxy groups -OCH3 is 1. The summed E-state index contributed by atoms with van der Waals surface area (Å²) in [7, 11) is 6.07. The van der Waals surface area contributed by atoms with E-state index >= 15 is 0 Å². The molecule has 3 rings (SSSR count). The third-order valence-electron chi connectivity index (χ3n) is 6.90. The van der Waals surface area contributed by atoms with Crippen LogP contribution in [0.4, 0.5) is 0 Å². The fraction of sp³-hybridized carbons (Fsp3) is 0.650. The topological polar surface area (TPSA) is 30.3 Å². The molecule has 2 atom stereocenters. The number of fused-ring (bicyclic) bond motifs is 1. The Morgan fingerprint density at radius 3 is 2.35 bits per heavy atom. The molecule has 2 unspecified atom stereocenters. The Kier molecular flexibility index (Phi) is 6.73. The van der Waals surface area contributed by atoms with Crippen molar-refractivity contribution in [1.29, 1.82) is 0 Å². The number of aromatic nitrogens is 2. The van der Waals surface area contributed by atoms with Gasteiger partial charge >= 0.3 is 0 Å². The predicted molar refractivity (Wildman–Crippen MR) is 128 cm³/mol. The largest absolute Gasteiger partial charge is 0.378 e. The lowest BCUT2D eigenvalue weighted by Crippen LogP contribution is -2.55. The van der Waals surface area contributed by atoms with Gasteiger partial charge in [0, 0.05) is 80.7 Å². The lowest BCUT2D eigenvalue weighted by molar-refractivity contribution is -0.0978. The van der Waals surface area contributed by atoms with Crippen molar-refractivity contribution >= 4 is 48.1 Å². The highest BCUT2D eigenvalue weighted by Crippen LogP contribution is 2.54. The van der Waals surface area contributed by atoms with Gasteiger partial charge in [-0.3, -0.25) is 4.68 Å². The monoisotopic (exact) mass is 583 g/mol. The molecule has 2 heterocycles. The Bertz CT molecular complexity index is 789. The first-order chi connectivity index (χ1) is 12.1. The van der Waals surface area contributed by atoms with Crippen LogP contribution in [-0.2, 0) is 17.2 Å². The highest BCUT2D eigenvalue weighted by atomic mass is 128. The maximum Gasteiger partial charge on any atom is 0.0697 e. The molecule has 1 saturated heterocycles. The highest BCUT2D eigenvalue weighted by Gasteiger charge is 2.59. The third-order valence-corrected chi connectivity index (χ3v) is 6.90. The molecule has 1 aromatic heterocycles. The Balaban J connectivity index is 0.00000117. The maximum absolute atomic E-state index is 5.96. The molecule has 0 saturated carbocycles. The van der Waals surface area contributed by atoms with Crippen LogP contribution in [0.3, 0.4) is 0 Å². The summed E-state index contributed by atoms with van der Waals surface area (Å²) in [6.45, 7) is 13.3. The smallest absolute Gasteiger partial charge is 0.0697 e. The van der Waals surface area contributed by atoms with Gasteiger partial charge in [0.2, 0.25) is 0 Å². The van der Waals surface area contributed by atoms with Crippen molar-refractivity contribution in [3.8, 4) is 0 Å². The molecule has 0 bridgehead atoms. The molecular weight excluding hydrogens is 552 g/mol. The minimum atomic E-state index is -0.218. The molecule has 6 heteroatoms. The van der Waals surface area contributed by atoms with Crippen molar-refractivity contribution in [2.24, 2.45) is 12.5 Å². The number of hydrogen-bond acceptors (Lipinski definition) is 3. The van der Waals surface area contributed by atoms with Crippen LogP contribution < -0.4 is 0 Å². The van der Waals surface area contributed by atoms with Crippen molar-refractivity contribution in [3.05, 3.63) is 29.5 Å². The summed E-state index contributed by atoms with van der Waals surface area (Å²) < 4.78 is 7.96. The van der Waals surface area contributed by atoms with E-state index in [0.717, 1.165) is 18.8 Å². The molecule has 1 aliphatic rings. The number of aryl methyl sites for hydroxylation is 2. The van der Waals surface area contributed by atoms with Gasteiger partial charge in [0.15, 0.2) is 0 Å². The molecule has 1 aliphatic heterocycles. The molecule has 0 spiro atoms. The number of rotatable bonds is 3. The van der Waals surface area contributed by atoms with Gasteiger partial charge in [-0.05, 0) is 39.4 Å². The second-order valence-electron chi connectivity index (χ2n) is 8.49. The van der Waals surface area contributed by atoms with E-state index in [-0.39, 0.29) is 16.4 Å². The van der Waals surface area contributed by atoms with Crippen LogP contribution in [0.15, 0.2) is 18.2 Å². The summed E-state index contributed by atoms with van der Waals surface area (Å²) in [6.07, 6.45) is 0. The van der Waals surface area contributed by atoms with Gasteiger partial charge in [0.25, 0.3) is 0 Å². The Labute approximate surface area is 181 Å². The summed E-state index contributed by atoms with van der Waals surface area (Å²) in [4.78, 5) is 2.43. The predicted octanol–water partition coefficient (Wildman–Crippen LogP) is 5.29. The summed E-state index contributed by atoms with van der Waals surface area (Å²) in [6, 6.07) is 6.86. The SMILES string of the molecule is COC(C)(C)C1(C)CN(C)CC1(C)c1ccc2c(C)nn(C)c2c1.II. The molecule has 1 fully saturated rings. The van der Waals surface area contributed by atoms with Crippen LogP contribution in [0.1, 0.15) is 39.0 Å². The fourth-order valence-corrected chi connectivity index (χ4v) is 4.76. The van der Waals surface area contributed by atoms with Gasteiger partial charge in [-0.15, -0.1) is 0 Å². The molecule has 146 valence electrons. The van der Waals surface area contributed by atoms with Crippen LogP contribution >= 0.6 is 37.2 Å². The average molecular weight is 583 g/mol. The summed E-state index contributed by atoms with van der Waals surface area (Å²) in [5, 5.41) is 5.82. The van der Waals surface area contributed by atoms with E-state index in [0.29, 0.717) is 0 Å². The van der Waals surface area contributed by atoms with Crippen molar-refractivity contribution in [2.75, 3.05) is 27.2 Å². The molecule has 0 radical (unpaired) electrons. The van der Waals surface area contributed by atoms with E-state index in [1.807, 2.05) is 18.8 Å². The minimum Gasteiger partial charge on any atom is -0.378 e. The van der Waals surface area contributed by atoms with Crippen molar-refractivity contribution in [3.63, 3.8) is 0 Å². The average Bonchev–Trinajstić information content (AvgIpc) is 3.03. The molecular formula is C20H31I2N3O. The molecule has 1 aromatic carbocycles. The first-order valence-corrected chi connectivity index (χ1v) is 15.2. The van der Waals surface area contributed by atoms with Crippen molar-refractivity contribution in [2.45, 2.75) is 45.6 Å². The first kappa shape index (κ1) is 22.4. The van der Waals surface area contributed by atoms with Gasteiger partial charge in [-0.1, -0.05) is 26.0 Å². The summed E-state index contributed by atoms with van der Waals surface area (Å²) in [5.41, 5.74) is 3.46. The number of likely N-dealkylation sites (N-methyl/N-ethyl adjacent to an activating group) is 1. The Morgan fingerprint density at radius 2 is 1.77 bits per heavy atom. The minimum absolute atomic E-state index is 0.00478. The third kappa shape index (κ3) is 3.33. The van der Waals surface area contributed by atoms with Crippen LogP contribution in [-0.4, -0.2) is 47.5 Å². The van der Waals surface area contributed by atoms with Crippen LogP contribution in [0, 0.1) is 12.3 Å². The number of nitrogens with zero attached hydrogens (tertiary/aromatic N) is 3. The number of hydrogen-bond donors (Lipinski definition) is 0. The van der Waals surface area contributed by atoms with Crippen LogP contribution in [0.25, 0.3) is 10.9 Å². The molecule has 0 amide bonds. The zero-order valence-electron chi connectivity index (χ0n) is 17.2. The number of ether oxygens (including phenoxy) is 1. The van der Waals surface area contributed by atoms with Gasteiger partial charge in [-0.25, -0.2) is 0 Å². The normalized spacial score (nSPS) is 26.8. The van der Waals surface area contributed by atoms with Gasteiger partial charge in [-0.2, -0.15) is 5.10 Å². The van der Waals surface area contributed by atoms with Crippen molar-refractivity contribution in [1.82, 2.24) is 14.7 Å². The highest BCUT2D eigenvalue weighted by molar-refractivity contribution is 15.0. The standard InChI is InChI=1S/C20H31N3O.I2/c1-14-16-10-9-15(11-17(16)23(7)21-14)19(4)12-22(6)13-20(19,5)18(2,3)24-8;1-2/h9-11H,12-13H2,1-8H3;. The molecule has 0 N–H and O–H groups in total. The number of likely N-dealkylation sites (tertiary alicyclic amines) is 1. The molecule has 0 aliphatic carbocycles. The zero-order valence-corrected chi connectivity index (χ0v) is 21.5. The van der Waals surface area contributed by atoms with E-state index in [9.17, 15) is 0 Å². The Hall–Kier alpha value is 0.0700. The zero-order chi connectivity index (χ0) is 19.9. The first-order valence-electron chi connectivity index (χ1n) is 8.87. The van der Waals surface area contributed by atoms with Gasteiger partial charge in [0.05, 0.1) is 16.8 Å². The van der Waals surface area contributed by atoms with Crippen molar-refractivity contribution < 1.29 is 4.74 Å². The maximum atomic E-state index is 5.96. The molecule has 4 nitrogen and oxygen atoms in total. The molecule has 26 heavy (non-hydrogen) atoms. The van der Waals surface area contributed by atoms with Gasteiger partial charge < -0.3 is 9.64 Å². The van der Waals surface area contributed by atoms with E-state index < -0.39 is 0 Å². The lowest BCUT2D eigenvalue weighted by atomic mass is 9.57. The summed E-state index contributed by atoms with van der Waals surface area (Å²) >= 11 is 4.24. The number of halogens is 2. The second kappa shape index (κ2) is 7.83. The van der Waals surface area contributed by atoms with E-state index in [4.69, 9.17) is 4.74 Å². The lowest BCUT2D eigenvalue weighted by Gasteiger charge is -2.50. The second-order valence-corrected chi connectivity index (χ2v) is 8.49. The molecule has 2 aromatic rings.